The van der Waals surface area contributed by atoms with Crippen molar-refractivity contribution in [2.45, 2.75) is 18.8 Å². The molecule has 2 N–H and O–H groups in total. The van der Waals surface area contributed by atoms with Crippen LogP contribution in [0.2, 0.25) is 0 Å². The number of nitrogens with zero attached hydrogens (tertiary/aromatic N) is 1. The molecule has 1 aromatic heterocycles. The highest BCUT2D eigenvalue weighted by molar-refractivity contribution is 9.10. The Labute approximate surface area is 119 Å². The first-order chi connectivity index (χ1) is 8.62. The fourth-order valence-electron chi connectivity index (χ4n) is 2.01. The number of halogens is 1. The van der Waals surface area contributed by atoms with Crippen LogP contribution in [0.5, 0.6) is 0 Å². The summed E-state index contributed by atoms with van der Waals surface area (Å²) >= 11 is 4.85. The number of benzene rings is 1. The molecule has 2 nitrogen and oxygen atoms in total. The van der Waals surface area contributed by atoms with Crippen LogP contribution in [-0.4, -0.2) is 4.98 Å². The zero-order chi connectivity index (χ0) is 13.2. The molecular formula is C14H13BrN2S. The summed E-state index contributed by atoms with van der Waals surface area (Å²) in [6.45, 7) is 2.07. The summed E-state index contributed by atoms with van der Waals surface area (Å²) in [5.41, 5.74) is 7.16. The highest BCUT2D eigenvalue weighted by Crippen LogP contribution is 2.36. The van der Waals surface area contributed by atoms with Crippen LogP contribution in [0.15, 0.2) is 34.1 Å². The van der Waals surface area contributed by atoms with Gasteiger partial charge in [0.15, 0.2) is 5.13 Å². The minimum atomic E-state index is -0.491. The number of terminal acetylenes is 1. The first-order valence-electron chi connectivity index (χ1n) is 5.57. The first kappa shape index (κ1) is 13.1. The van der Waals surface area contributed by atoms with Crippen LogP contribution < -0.4 is 5.73 Å². The summed E-state index contributed by atoms with van der Waals surface area (Å²) in [5, 5.41) is 2.50. The van der Waals surface area contributed by atoms with Crippen molar-refractivity contribution in [1.29, 1.82) is 0 Å². The van der Waals surface area contributed by atoms with Gasteiger partial charge in [-0.15, -0.1) is 17.8 Å². The van der Waals surface area contributed by atoms with Crippen molar-refractivity contribution >= 4 is 32.4 Å². The minimum absolute atomic E-state index is 0.491. The Morgan fingerprint density at radius 1 is 1.44 bits per heavy atom. The summed E-state index contributed by atoms with van der Waals surface area (Å²) in [4.78, 5) is 4.37. The van der Waals surface area contributed by atoms with E-state index < -0.39 is 5.41 Å². The third-order valence-electron chi connectivity index (χ3n) is 3.07. The molecule has 0 fully saturated rings. The second kappa shape index (κ2) is 5.13. The Bertz CT molecular complexity index is 583. The molecule has 0 aliphatic rings. The Balaban J connectivity index is 2.58. The van der Waals surface area contributed by atoms with Gasteiger partial charge >= 0.3 is 0 Å². The van der Waals surface area contributed by atoms with Gasteiger partial charge in [0.25, 0.3) is 0 Å². The first-order valence-corrected chi connectivity index (χ1v) is 7.25. The van der Waals surface area contributed by atoms with E-state index in [1.165, 1.54) is 11.3 Å². The van der Waals surface area contributed by atoms with Crippen molar-refractivity contribution in [3.05, 3.63) is 45.4 Å². The summed E-state index contributed by atoms with van der Waals surface area (Å²) < 4.78 is 1.03. The molecule has 1 aromatic carbocycles. The predicted molar refractivity (Wildman–Crippen MR) is 80.6 cm³/mol. The van der Waals surface area contributed by atoms with Crippen molar-refractivity contribution in [2.24, 2.45) is 0 Å². The van der Waals surface area contributed by atoms with Crippen LogP contribution in [0, 0.1) is 12.3 Å². The number of nitrogens with two attached hydrogens (primary N) is 1. The van der Waals surface area contributed by atoms with Gasteiger partial charge in [-0.1, -0.05) is 40.9 Å². The summed E-state index contributed by atoms with van der Waals surface area (Å²) in [6, 6.07) is 8.05. The molecule has 2 aromatic rings. The van der Waals surface area contributed by atoms with Crippen molar-refractivity contribution in [1.82, 2.24) is 4.98 Å². The molecule has 0 aliphatic heterocycles. The third-order valence-corrected chi connectivity index (χ3v) is 4.28. The van der Waals surface area contributed by atoms with Crippen LogP contribution in [0.25, 0.3) is 0 Å². The molecule has 0 aliphatic carbocycles. The van der Waals surface area contributed by atoms with Crippen LogP contribution in [0.1, 0.15) is 24.6 Å². The van der Waals surface area contributed by atoms with Gasteiger partial charge in [0.2, 0.25) is 0 Å². The number of nitrogen functional groups attached to an aromatic ring is 1. The molecule has 2 rings (SSSR count). The molecule has 92 valence electrons. The summed E-state index contributed by atoms with van der Waals surface area (Å²) in [5.74, 6) is 2.90. The van der Waals surface area contributed by atoms with E-state index in [-0.39, 0.29) is 0 Å². The highest BCUT2D eigenvalue weighted by Gasteiger charge is 2.32. The molecule has 18 heavy (non-hydrogen) atoms. The molecule has 0 spiro atoms. The molecule has 1 unspecified atom stereocenters. The Morgan fingerprint density at radius 3 is 2.56 bits per heavy atom. The van der Waals surface area contributed by atoms with Crippen LogP contribution >= 0.6 is 27.3 Å². The van der Waals surface area contributed by atoms with E-state index in [1.807, 2.05) is 29.6 Å². The zero-order valence-corrected chi connectivity index (χ0v) is 12.4. The van der Waals surface area contributed by atoms with Crippen LogP contribution in [-0.2, 0) is 5.41 Å². The fraction of sp³-hybridized carbons (Fsp3) is 0.214. The quantitative estimate of drug-likeness (QED) is 0.873. The van der Waals surface area contributed by atoms with Gasteiger partial charge in [-0.2, -0.15) is 0 Å². The van der Waals surface area contributed by atoms with E-state index in [4.69, 9.17) is 12.2 Å². The van der Waals surface area contributed by atoms with E-state index in [9.17, 15) is 0 Å². The SMILES string of the molecule is C#CC(CC)(c1ccc(Br)cc1)c1csc(N)n1. The van der Waals surface area contributed by atoms with Crippen LogP contribution in [0.4, 0.5) is 5.13 Å². The number of aromatic nitrogens is 1. The van der Waals surface area contributed by atoms with Gasteiger partial charge in [-0.05, 0) is 24.1 Å². The van der Waals surface area contributed by atoms with Crippen molar-refractivity contribution in [2.75, 3.05) is 5.73 Å². The summed E-state index contributed by atoms with van der Waals surface area (Å²) in [6.07, 6.45) is 6.58. The second-order valence-corrected chi connectivity index (χ2v) is 5.79. The predicted octanol–water partition coefficient (Wildman–Crippen LogP) is 3.82. The topological polar surface area (TPSA) is 38.9 Å². The Morgan fingerprint density at radius 2 is 2.11 bits per heavy atom. The maximum Gasteiger partial charge on any atom is 0.180 e. The lowest BCUT2D eigenvalue weighted by Gasteiger charge is -2.25. The van der Waals surface area contributed by atoms with Gasteiger partial charge in [-0.3, -0.25) is 0 Å². The van der Waals surface area contributed by atoms with Gasteiger partial charge in [-0.25, -0.2) is 4.98 Å². The average molecular weight is 321 g/mol. The zero-order valence-electron chi connectivity index (χ0n) is 9.98. The maximum absolute atomic E-state index is 5.79. The van der Waals surface area contributed by atoms with Crippen LogP contribution in [0.3, 0.4) is 0 Å². The lowest BCUT2D eigenvalue weighted by atomic mass is 9.76. The standard InChI is InChI=1S/C14H13BrN2S/c1-3-14(4-2,12-9-18-13(16)17-12)10-5-7-11(15)8-6-10/h1,5-9H,4H2,2H3,(H2,16,17). The fourth-order valence-corrected chi connectivity index (χ4v) is 2.91. The molecule has 1 heterocycles. The maximum atomic E-state index is 5.79. The van der Waals surface area contributed by atoms with E-state index in [1.54, 1.807) is 0 Å². The van der Waals surface area contributed by atoms with Gasteiger partial charge in [0, 0.05) is 9.85 Å². The normalized spacial score (nSPS) is 13.8. The number of rotatable bonds is 3. The van der Waals surface area contributed by atoms with Gasteiger partial charge < -0.3 is 5.73 Å². The molecule has 0 bridgehead atoms. The summed E-state index contributed by atoms with van der Waals surface area (Å²) in [7, 11) is 0. The average Bonchev–Trinajstić information content (AvgIpc) is 2.81. The van der Waals surface area contributed by atoms with E-state index in [0.29, 0.717) is 5.13 Å². The smallest absolute Gasteiger partial charge is 0.180 e. The van der Waals surface area contributed by atoms with Gasteiger partial charge in [0.1, 0.15) is 0 Å². The molecule has 0 amide bonds. The monoisotopic (exact) mass is 320 g/mol. The van der Waals surface area contributed by atoms with Crippen molar-refractivity contribution in [3.63, 3.8) is 0 Å². The molecule has 1 atom stereocenters. The van der Waals surface area contributed by atoms with Crippen molar-refractivity contribution in [3.8, 4) is 12.3 Å². The minimum Gasteiger partial charge on any atom is -0.375 e. The lowest BCUT2D eigenvalue weighted by molar-refractivity contribution is 0.625. The number of hydrogen-bond acceptors (Lipinski definition) is 3. The Kier molecular flexibility index (Phi) is 3.74. The number of hydrogen-bond donors (Lipinski definition) is 1. The Hall–Kier alpha value is -1.31. The molecular weight excluding hydrogens is 308 g/mol. The molecule has 0 saturated carbocycles. The highest BCUT2D eigenvalue weighted by atomic mass is 79.9. The van der Waals surface area contributed by atoms with E-state index >= 15 is 0 Å². The molecule has 0 radical (unpaired) electrons. The second-order valence-electron chi connectivity index (χ2n) is 3.98. The largest absolute Gasteiger partial charge is 0.375 e. The number of anilines is 1. The lowest BCUT2D eigenvalue weighted by Crippen LogP contribution is -2.25. The van der Waals surface area contributed by atoms with E-state index in [2.05, 4.69) is 33.8 Å². The van der Waals surface area contributed by atoms with Crippen molar-refractivity contribution < 1.29 is 0 Å². The van der Waals surface area contributed by atoms with E-state index in [0.717, 1.165) is 22.2 Å². The third kappa shape index (κ3) is 2.16. The molecule has 4 heteroatoms. The molecule has 0 saturated heterocycles. The number of thiazole rings is 1. The van der Waals surface area contributed by atoms with Gasteiger partial charge in [0.05, 0.1) is 11.1 Å².